The van der Waals surface area contributed by atoms with Gasteiger partial charge in [-0.2, -0.15) is 13.2 Å². The lowest BCUT2D eigenvalue weighted by atomic mass is 10.0. The standard InChI is InChI=1S/C14H15ClF3N/c15-13(14(16,17)18)12(10-19-8-4-5-9-19)11-6-2-1-3-7-11/h1-3,6-7H,4-5,8-10H2/p+1. The molecule has 0 bridgehead atoms. The summed E-state index contributed by atoms with van der Waals surface area (Å²) in [5.74, 6) is 0. The first-order valence-corrected chi connectivity index (χ1v) is 6.71. The van der Waals surface area contributed by atoms with Gasteiger partial charge in [-0.25, -0.2) is 0 Å². The van der Waals surface area contributed by atoms with E-state index in [1.54, 1.807) is 30.3 Å². The molecule has 2 rings (SSSR count). The van der Waals surface area contributed by atoms with Crippen LogP contribution in [0.15, 0.2) is 35.4 Å². The van der Waals surface area contributed by atoms with Crippen LogP contribution in [0.1, 0.15) is 18.4 Å². The highest BCUT2D eigenvalue weighted by molar-refractivity contribution is 6.33. The Morgan fingerprint density at radius 3 is 2.21 bits per heavy atom. The molecule has 0 unspecified atom stereocenters. The summed E-state index contributed by atoms with van der Waals surface area (Å²) in [6.45, 7) is 2.17. The number of benzene rings is 1. The summed E-state index contributed by atoms with van der Waals surface area (Å²) < 4.78 is 38.6. The van der Waals surface area contributed by atoms with Gasteiger partial charge in [0.15, 0.2) is 0 Å². The molecule has 0 aromatic heterocycles. The number of allylic oxidation sites excluding steroid dienone is 1. The molecule has 5 heteroatoms. The van der Waals surface area contributed by atoms with Gasteiger partial charge < -0.3 is 4.90 Å². The van der Waals surface area contributed by atoms with Gasteiger partial charge in [-0.05, 0) is 5.56 Å². The first kappa shape index (κ1) is 14.4. The van der Waals surface area contributed by atoms with E-state index in [4.69, 9.17) is 11.6 Å². The lowest BCUT2D eigenvalue weighted by Gasteiger charge is -2.18. The molecular formula is C14H16ClF3N+. The van der Waals surface area contributed by atoms with Crippen LogP contribution in [0.25, 0.3) is 5.57 Å². The van der Waals surface area contributed by atoms with E-state index in [0.29, 0.717) is 12.1 Å². The van der Waals surface area contributed by atoms with E-state index in [9.17, 15) is 13.2 Å². The van der Waals surface area contributed by atoms with Crippen LogP contribution in [0.3, 0.4) is 0 Å². The summed E-state index contributed by atoms with van der Waals surface area (Å²) in [4.78, 5) is 1.17. The SMILES string of the molecule is FC(F)(F)C(Cl)=C(C[NH+]1CCCC1)c1ccccc1. The number of likely N-dealkylation sites (tertiary alicyclic amines) is 1. The van der Waals surface area contributed by atoms with E-state index in [2.05, 4.69) is 0 Å². The molecule has 19 heavy (non-hydrogen) atoms. The number of rotatable bonds is 3. The summed E-state index contributed by atoms with van der Waals surface area (Å²) in [6, 6.07) is 8.60. The maximum atomic E-state index is 12.9. The molecule has 0 saturated carbocycles. The molecule has 0 aliphatic carbocycles. The second-order valence-corrected chi connectivity index (χ2v) is 5.17. The molecule has 0 atom stereocenters. The largest absolute Gasteiger partial charge is 0.427 e. The number of hydrogen-bond acceptors (Lipinski definition) is 0. The fourth-order valence-electron chi connectivity index (χ4n) is 2.42. The molecule has 1 aliphatic rings. The van der Waals surface area contributed by atoms with Gasteiger partial charge in [0.25, 0.3) is 0 Å². The average Bonchev–Trinajstić information content (AvgIpc) is 2.88. The van der Waals surface area contributed by atoms with Crippen LogP contribution >= 0.6 is 11.6 Å². The average molecular weight is 291 g/mol. The summed E-state index contributed by atoms with van der Waals surface area (Å²) in [5.41, 5.74) is 0.760. The molecule has 1 aromatic carbocycles. The maximum Gasteiger partial charge on any atom is 0.427 e. The van der Waals surface area contributed by atoms with E-state index < -0.39 is 11.2 Å². The second-order valence-electron chi connectivity index (χ2n) is 4.79. The van der Waals surface area contributed by atoms with Crippen molar-refractivity contribution in [3.05, 3.63) is 40.9 Å². The number of alkyl halides is 3. The third-order valence-corrected chi connectivity index (χ3v) is 3.82. The third kappa shape index (κ3) is 3.74. The Balaban J connectivity index is 2.33. The number of quaternary nitrogens is 1. The van der Waals surface area contributed by atoms with E-state index in [0.717, 1.165) is 25.9 Å². The lowest BCUT2D eigenvalue weighted by Crippen LogP contribution is -3.10. The highest BCUT2D eigenvalue weighted by atomic mass is 35.5. The Labute approximate surface area is 115 Å². The van der Waals surface area contributed by atoms with Crippen molar-refractivity contribution in [3.63, 3.8) is 0 Å². The van der Waals surface area contributed by atoms with Crippen LogP contribution < -0.4 is 4.90 Å². The summed E-state index contributed by atoms with van der Waals surface area (Å²) in [5, 5.41) is -0.988. The number of hydrogen-bond donors (Lipinski definition) is 1. The molecular weight excluding hydrogens is 275 g/mol. The normalized spacial score (nSPS) is 18.5. The number of nitrogens with one attached hydrogen (secondary N) is 1. The highest BCUT2D eigenvalue weighted by Crippen LogP contribution is 2.34. The summed E-state index contributed by atoms with van der Waals surface area (Å²) in [6.07, 6.45) is -2.34. The second kappa shape index (κ2) is 5.97. The van der Waals surface area contributed by atoms with Crippen molar-refractivity contribution in [3.8, 4) is 0 Å². The van der Waals surface area contributed by atoms with Gasteiger partial charge in [-0.3, -0.25) is 0 Å². The zero-order valence-electron chi connectivity index (χ0n) is 10.4. The molecule has 1 N–H and O–H groups in total. The lowest BCUT2D eigenvalue weighted by molar-refractivity contribution is -0.879. The van der Waals surface area contributed by atoms with Crippen molar-refractivity contribution < 1.29 is 18.1 Å². The van der Waals surface area contributed by atoms with Gasteiger partial charge >= 0.3 is 6.18 Å². The molecule has 0 amide bonds. The molecule has 1 nitrogen and oxygen atoms in total. The smallest absolute Gasteiger partial charge is 0.331 e. The van der Waals surface area contributed by atoms with E-state index in [1.165, 1.54) is 4.90 Å². The summed E-state index contributed by atoms with van der Waals surface area (Å²) >= 11 is 5.58. The van der Waals surface area contributed by atoms with Crippen LogP contribution in [0.2, 0.25) is 0 Å². The van der Waals surface area contributed by atoms with Gasteiger partial charge in [0.2, 0.25) is 0 Å². The van der Waals surface area contributed by atoms with E-state index >= 15 is 0 Å². The van der Waals surface area contributed by atoms with Crippen molar-refractivity contribution in [1.82, 2.24) is 0 Å². The van der Waals surface area contributed by atoms with Crippen molar-refractivity contribution in [2.75, 3.05) is 19.6 Å². The Morgan fingerprint density at radius 2 is 1.68 bits per heavy atom. The third-order valence-electron chi connectivity index (χ3n) is 3.37. The Hall–Kier alpha value is -1.00. The zero-order chi connectivity index (χ0) is 13.9. The molecule has 1 saturated heterocycles. The Bertz CT molecular complexity index is 448. The van der Waals surface area contributed by atoms with Crippen LogP contribution in [-0.2, 0) is 0 Å². The Kier molecular flexibility index (Phi) is 4.53. The van der Waals surface area contributed by atoms with Crippen LogP contribution in [-0.4, -0.2) is 25.8 Å². The van der Waals surface area contributed by atoms with Crippen molar-refractivity contribution in [2.24, 2.45) is 0 Å². The molecule has 0 radical (unpaired) electrons. The fraction of sp³-hybridized carbons (Fsp3) is 0.429. The van der Waals surface area contributed by atoms with Crippen LogP contribution in [0, 0.1) is 0 Å². The predicted molar refractivity (Wildman–Crippen MR) is 70.1 cm³/mol. The van der Waals surface area contributed by atoms with Crippen molar-refractivity contribution in [2.45, 2.75) is 19.0 Å². The van der Waals surface area contributed by atoms with Crippen molar-refractivity contribution in [1.29, 1.82) is 0 Å². The van der Waals surface area contributed by atoms with Gasteiger partial charge in [0, 0.05) is 18.4 Å². The van der Waals surface area contributed by atoms with Gasteiger partial charge in [0.1, 0.15) is 11.6 Å². The van der Waals surface area contributed by atoms with Gasteiger partial charge in [-0.1, -0.05) is 41.9 Å². The fourth-order valence-corrected chi connectivity index (χ4v) is 2.59. The van der Waals surface area contributed by atoms with Gasteiger partial charge in [0.05, 0.1) is 13.1 Å². The van der Waals surface area contributed by atoms with E-state index in [1.807, 2.05) is 0 Å². The number of halogens is 4. The molecule has 1 aromatic rings. The summed E-state index contributed by atoms with van der Waals surface area (Å²) in [7, 11) is 0. The van der Waals surface area contributed by atoms with E-state index in [-0.39, 0.29) is 5.57 Å². The molecule has 0 spiro atoms. The highest BCUT2D eigenvalue weighted by Gasteiger charge is 2.36. The topological polar surface area (TPSA) is 4.44 Å². The Morgan fingerprint density at radius 1 is 1.11 bits per heavy atom. The zero-order valence-corrected chi connectivity index (χ0v) is 11.2. The minimum absolute atomic E-state index is 0.201. The first-order valence-electron chi connectivity index (χ1n) is 6.33. The van der Waals surface area contributed by atoms with Crippen molar-refractivity contribution >= 4 is 17.2 Å². The van der Waals surface area contributed by atoms with Gasteiger partial charge in [-0.15, -0.1) is 0 Å². The maximum absolute atomic E-state index is 12.9. The van der Waals surface area contributed by atoms with Crippen LogP contribution in [0.5, 0.6) is 0 Å². The molecule has 104 valence electrons. The van der Waals surface area contributed by atoms with Crippen LogP contribution in [0.4, 0.5) is 13.2 Å². The minimum atomic E-state index is -4.48. The molecule has 1 heterocycles. The predicted octanol–water partition coefficient (Wildman–Crippen LogP) is 2.88. The first-order chi connectivity index (χ1) is 8.98. The molecule has 1 fully saturated rings. The quantitative estimate of drug-likeness (QED) is 0.873. The minimum Gasteiger partial charge on any atom is -0.331 e. The molecule has 1 aliphatic heterocycles. The monoisotopic (exact) mass is 290 g/mol.